The van der Waals surface area contributed by atoms with Gasteiger partial charge in [-0.15, -0.1) is 0 Å². The lowest BCUT2D eigenvalue weighted by Gasteiger charge is -2.35. The van der Waals surface area contributed by atoms with Crippen molar-refractivity contribution in [2.75, 3.05) is 7.11 Å². The second kappa shape index (κ2) is 3.77. The summed E-state index contributed by atoms with van der Waals surface area (Å²) in [4.78, 5) is 35.5. The minimum atomic E-state index is -1.06. The molecular formula is C10H13NO5. The summed E-state index contributed by atoms with van der Waals surface area (Å²) in [6, 6.07) is -0.785. The Kier molecular flexibility index (Phi) is 2.57. The minimum absolute atomic E-state index is 0.128. The lowest BCUT2D eigenvalue weighted by atomic mass is 9.89. The number of esters is 1. The summed E-state index contributed by atoms with van der Waals surface area (Å²) in [6.45, 7) is 0. The molecule has 0 aromatic heterocycles. The highest BCUT2D eigenvalue weighted by molar-refractivity contribution is 6.01. The topological polar surface area (TPSA) is 83.9 Å². The van der Waals surface area contributed by atoms with Gasteiger partial charge in [0.05, 0.1) is 13.2 Å². The van der Waals surface area contributed by atoms with E-state index < -0.39 is 24.0 Å². The van der Waals surface area contributed by atoms with E-state index in [9.17, 15) is 14.4 Å². The maximum atomic E-state index is 11.7. The Labute approximate surface area is 92.2 Å². The van der Waals surface area contributed by atoms with Crippen molar-refractivity contribution in [3.05, 3.63) is 0 Å². The predicted octanol–water partition coefficient (Wildman–Crippen LogP) is 0.259. The SMILES string of the molecule is COC(=O)C1C(=O)CC2CCC1N2C(=O)O. The van der Waals surface area contributed by atoms with E-state index in [4.69, 9.17) is 5.11 Å². The molecule has 2 bridgehead atoms. The summed E-state index contributed by atoms with van der Waals surface area (Å²) in [7, 11) is 1.21. The third kappa shape index (κ3) is 1.45. The van der Waals surface area contributed by atoms with Crippen molar-refractivity contribution in [1.29, 1.82) is 0 Å². The van der Waals surface area contributed by atoms with Crippen LogP contribution >= 0.6 is 0 Å². The van der Waals surface area contributed by atoms with Gasteiger partial charge in [0.2, 0.25) is 0 Å². The fraction of sp³-hybridized carbons (Fsp3) is 0.700. The molecular weight excluding hydrogens is 214 g/mol. The molecule has 16 heavy (non-hydrogen) atoms. The summed E-state index contributed by atoms with van der Waals surface area (Å²) in [6.07, 6.45) is 0.273. The first-order valence-corrected chi connectivity index (χ1v) is 5.18. The molecule has 1 amide bonds. The first-order chi connectivity index (χ1) is 7.56. The van der Waals surface area contributed by atoms with Crippen molar-refractivity contribution < 1.29 is 24.2 Å². The Morgan fingerprint density at radius 2 is 2.12 bits per heavy atom. The number of carboxylic acid groups (broad SMARTS) is 1. The Bertz CT molecular complexity index is 353. The maximum absolute atomic E-state index is 11.7. The lowest BCUT2D eigenvalue weighted by molar-refractivity contribution is -0.153. The summed E-state index contributed by atoms with van der Waals surface area (Å²) in [5.74, 6) is -1.75. The molecule has 2 fully saturated rings. The highest BCUT2D eigenvalue weighted by Gasteiger charge is 2.52. The molecule has 0 aliphatic carbocycles. The van der Waals surface area contributed by atoms with E-state index in [-0.39, 0.29) is 18.2 Å². The zero-order chi connectivity index (χ0) is 11.9. The average molecular weight is 227 g/mol. The standard InChI is InChI=1S/C10H13NO5/c1-16-9(13)8-6-3-2-5(4-7(8)12)11(6)10(14)15/h5-6,8H,2-4H2,1H3,(H,14,15). The Morgan fingerprint density at radius 1 is 1.44 bits per heavy atom. The van der Waals surface area contributed by atoms with E-state index in [2.05, 4.69) is 4.74 Å². The van der Waals surface area contributed by atoms with Crippen molar-refractivity contribution >= 4 is 17.8 Å². The number of nitrogens with zero attached hydrogens (tertiary/aromatic N) is 1. The maximum Gasteiger partial charge on any atom is 0.407 e. The highest BCUT2D eigenvalue weighted by Crippen LogP contribution is 2.37. The van der Waals surface area contributed by atoms with Crippen LogP contribution in [-0.4, -0.2) is 47.0 Å². The van der Waals surface area contributed by atoms with Crippen LogP contribution in [0.2, 0.25) is 0 Å². The molecule has 2 aliphatic heterocycles. The van der Waals surface area contributed by atoms with Crippen molar-refractivity contribution in [3.8, 4) is 0 Å². The number of methoxy groups -OCH3 is 1. The second-order valence-corrected chi connectivity index (χ2v) is 4.16. The van der Waals surface area contributed by atoms with Gasteiger partial charge in [-0.05, 0) is 12.8 Å². The van der Waals surface area contributed by atoms with Gasteiger partial charge in [0.25, 0.3) is 0 Å². The number of ketones is 1. The molecule has 2 saturated heterocycles. The van der Waals surface area contributed by atoms with Gasteiger partial charge in [0, 0.05) is 12.5 Å². The fourth-order valence-corrected chi connectivity index (χ4v) is 2.73. The van der Waals surface area contributed by atoms with Crippen LogP contribution in [0.25, 0.3) is 0 Å². The Balaban J connectivity index is 2.29. The molecule has 2 heterocycles. The normalized spacial score (nSPS) is 32.7. The van der Waals surface area contributed by atoms with E-state index >= 15 is 0 Å². The quantitative estimate of drug-likeness (QED) is 0.513. The highest BCUT2D eigenvalue weighted by atomic mass is 16.5. The van der Waals surface area contributed by atoms with Gasteiger partial charge in [-0.1, -0.05) is 0 Å². The van der Waals surface area contributed by atoms with Crippen LogP contribution in [0.4, 0.5) is 4.79 Å². The van der Waals surface area contributed by atoms with Gasteiger partial charge in [-0.2, -0.15) is 0 Å². The van der Waals surface area contributed by atoms with Crippen molar-refractivity contribution in [2.45, 2.75) is 31.3 Å². The number of ether oxygens (including phenoxy) is 1. The summed E-state index contributed by atoms with van der Waals surface area (Å²) < 4.78 is 4.56. The van der Waals surface area contributed by atoms with Gasteiger partial charge in [-0.25, -0.2) is 4.79 Å². The predicted molar refractivity (Wildman–Crippen MR) is 51.8 cm³/mol. The van der Waals surface area contributed by atoms with Crippen LogP contribution in [-0.2, 0) is 14.3 Å². The Hall–Kier alpha value is -1.59. The number of carbonyl (C=O) groups is 3. The summed E-state index contributed by atoms with van der Waals surface area (Å²) in [5, 5.41) is 9.04. The number of amides is 1. The molecule has 0 radical (unpaired) electrons. The third-order valence-electron chi connectivity index (χ3n) is 3.39. The van der Waals surface area contributed by atoms with E-state index in [0.717, 1.165) is 0 Å². The van der Waals surface area contributed by atoms with E-state index in [0.29, 0.717) is 12.8 Å². The first-order valence-electron chi connectivity index (χ1n) is 5.18. The van der Waals surface area contributed by atoms with Gasteiger partial charge in [0.15, 0.2) is 5.78 Å². The average Bonchev–Trinajstić information content (AvgIpc) is 2.54. The molecule has 3 unspecified atom stereocenters. The van der Waals surface area contributed by atoms with Crippen LogP contribution in [0.15, 0.2) is 0 Å². The van der Waals surface area contributed by atoms with E-state index in [1.165, 1.54) is 12.0 Å². The van der Waals surface area contributed by atoms with Crippen LogP contribution in [0.1, 0.15) is 19.3 Å². The number of piperidine rings is 1. The number of hydrogen-bond donors (Lipinski definition) is 1. The molecule has 0 saturated carbocycles. The molecule has 1 N–H and O–H groups in total. The molecule has 0 aromatic carbocycles. The van der Waals surface area contributed by atoms with Crippen LogP contribution in [0.3, 0.4) is 0 Å². The molecule has 6 nitrogen and oxygen atoms in total. The second-order valence-electron chi connectivity index (χ2n) is 4.16. The largest absolute Gasteiger partial charge is 0.468 e. The number of rotatable bonds is 1. The summed E-state index contributed by atoms with van der Waals surface area (Å²) >= 11 is 0. The Morgan fingerprint density at radius 3 is 2.69 bits per heavy atom. The fourth-order valence-electron chi connectivity index (χ4n) is 2.73. The monoisotopic (exact) mass is 227 g/mol. The van der Waals surface area contributed by atoms with Gasteiger partial charge < -0.3 is 14.7 Å². The van der Waals surface area contributed by atoms with Crippen molar-refractivity contribution in [3.63, 3.8) is 0 Å². The summed E-state index contributed by atoms with van der Waals surface area (Å²) in [5.41, 5.74) is 0. The molecule has 3 atom stereocenters. The van der Waals surface area contributed by atoms with Crippen molar-refractivity contribution in [2.24, 2.45) is 5.92 Å². The number of Topliss-reactive ketones (excluding diaryl/α,β-unsaturated/α-hetero) is 1. The van der Waals surface area contributed by atoms with E-state index in [1.54, 1.807) is 0 Å². The molecule has 2 rings (SSSR count). The number of hydrogen-bond acceptors (Lipinski definition) is 4. The third-order valence-corrected chi connectivity index (χ3v) is 3.39. The molecule has 2 aliphatic rings. The smallest absolute Gasteiger partial charge is 0.407 e. The molecule has 0 aromatic rings. The molecule has 88 valence electrons. The molecule has 6 heteroatoms. The molecule has 0 spiro atoms. The lowest BCUT2D eigenvalue weighted by Crippen LogP contribution is -2.54. The van der Waals surface area contributed by atoms with Crippen LogP contribution in [0.5, 0.6) is 0 Å². The van der Waals surface area contributed by atoms with Crippen LogP contribution in [0, 0.1) is 5.92 Å². The number of carbonyl (C=O) groups excluding carboxylic acids is 2. The first kappa shape index (κ1) is 10.9. The minimum Gasteiger partial charge on any atom is -0.468 e. The van der Waals surface area contributed by atoms with Gasteiger partial charge in [-0.3, -0.25) is 9.59 Å². The zero-order valence-electron chi connectivity index (χ0n) is 8.88. The van der Waals surface area contributed by atoms with E-state index in [1.807, 2.05) is 0 Å². The number of fused-ring (bicyclic) bond motifs is 2. The zero-order valence-corrected chi connectivity index (χ0v) is 8.88. The van der Waals surface area contributed by atoms with Gasteiger partial charge >= 0.3 is 12.1 Å². The van der Waals surface area contributed by atoms with Crippen LogP contribution < -0.4 is 0 Å². The van der Waals surface area contributed by atoms with Crippen molar-refractivity contribution in [1.82, 2.24) is 4.90 Å². The van der Waals surface area contributed by atoms with Gasteiger partial charge in [0.1, 0.15) is 5.92 Å².